The first kappa shape index (κ1) is 14.5. The maximum atomic E-state index is 11.2. The molecule has 0 aromatic carbocycles. The average molecular weight is 295 g/mol. The van der Waals surface area contributed by atoms with E-state index in [2.05, 4.69) is 0 Å². The van der Waals surface area contributed by atoms with Crippen LogP contribution in [0.15, 0.2) is 0 Å². The molecule has 2 aliphatic rings. The first-order valence-electron chi connectivity index (χ1n) is 5.79. The fourth-order valence-corrected chi connectivity index (χ4v) is 3.02. The summed E-state index contributed by atoms with van der Waals surface area (Å²) in [6.45, 7) is 3.44. The van der Waals surface area contributed by atoms with Crippen LogP contribution in [0.1, 0.15) is 13.8 Å². The lowest BCUT2D eigenvalue weighted by Gasteiger charge is -2.36. The van der Waals surface area contributed by atoms with E-state index < -0.39 is 40.3 Å². The topological polar surface area (TPSA) is 102 Å². The molecule has 0 spiro atoms. The molecule has 1 amide bonds. The average Bonchev–Trinajstić information content (AvgIpc) is 2.49. The first-order chi connectivity index (χ1) is 8.57. The zero-order valence-corrected chi connectivity index (χ0v) is 11.7. The number of likely N-dealkylation sites (tertiary alicyclic amines) is 1. The van der Waals surface area contributed by atoms with Crippen LogP contribution in [-0.4, -0.2) is 68.0 Å². The van der Waals surface area contributed by atoms with Crippen molar-refractivity contribution >= 4 is 16.2 Å². The number of hydrogen-bond donors (Lipinski definition) is 1. The van der Waals surface area contributed by atoms with E-state index in [0.29, 0.717) is 0 Å². The summed E-state index contributed by atoms with van der Waals surface area (Å²) in [6.07, 6.45) is -2.25. The van der Waals surface area contributed by atoms with Gasteiger partial charge in [0.1, 0.15) is 18.3 Å². The molecule has 110 valence electrons. The summed E-state index contributed by atoms with van der Waals surface area (Å²) in [5.74, 6) is -0.886. The number of carboxylic acid groups (broad SMARTS) is 1. The lowest BCUT2D eigenvalue weighted by Crippen LogP contribution is -2.56. The molecule has 0 radical (unpaired) electrons. The molecular weight excluding hydrogens is 278 g/mol. The summed E-state index contributed by atoms with van der Waals surface area (Å²) in [5, 5.41) is 9.03. The predicted octanol–water partition coefficient (Wildman–Crippen LogP) is -0.155. The first-order valence-corrected chi connectivity index (χ1v) is 7.61. The van der Waals surface area contributed by atoms with E-state index in [4.69, 9.17) is 18.8 Å². The quantitative estimate of drug-likeness (QED) is 0.706. The summed E-state index contributed by atoms with van der Waals surface area (Å²) in [5.41, 5.74) is 0. The van der Waals surface area contributed by atoms with Gasteiger partial charge in [-0.15, -0.1) is 0 Å². The summed E-state index contributed by atoms with van der Waals surface area (Å²) in [7, 11) is -3.70. The molecule has 2 aliphatic heterocycles. The minimum atomic E-state index is -3.70. The van der Waals surface area contributed by atoms with Gasteiger partial charge in [0.05, 0.1) is 19.3 Å². The van der Waals surface area contributed by atoms with Crippen LogP contribution in [0.3, 0.4) is 0 Å². The molecular formula is C10H17NO7S. The molecule has 0 unspecified atom stereocenters. The summed E-state index contributed by atoms with van der Waals surface area (Å²) >= 11 is 0. The van der Waals surface area contributed by atoms with Gasteiger partial charge in [-0.3, -0.25) is 4.18 Å². The van der Waals surface area contributed by atoms with Gasteiger partial charge in [0, 0.05) is 0 Å². The number of piperidine rings is 1. The minimum Gasteiger partial charge on any atom is -0.465 e. The van der Waals surface area contributed by atoms with Gasteiger partial charge in [0.15, 0.2) is 5.79 Å². The molecule has 3 atom stereocenters. The van der Waals surface area contributed by atoms with E-state index in [0.717, 1.165) is 11.2 Å². The molecule has 2 fully saturated rings. The standard InChI is InChI=1S/C10H17NO7S/c1-10(2)16-6-4-11(9(12)13)5-7(8(6)17-10)18-19(3,14)15/h6-8H,4-5H2,1-3H3,(H,12,13)/t6-,7+,8-/m0/s1. The molecule has 1 N–H and O–H groups in total. The Morgan fingerprint density at radius 1 is 1.37 bits per heavy atom. The monoisotopic (exact) mass is 295 g/mol. The number of carbonyl (C=O) groups is 1. The van der Waals surface area contributed by atoms with Gasteiger partial charge in [0.25, 0.3) is 10.1 Å². The Hall–Kier alpha value is -0.900. The Labute approximate surface area is 111 Å². The van der Waals surface area contributed by atoms with Crippen molar-refractivity contribution in [1.82, 2.24) is 4.90 Å². The molecule has 0 aromatic heterocycles. The van der Waals surface area contributed by atoms with E-state index in [1.165, 1.54) is 0 Å². The van der Waals surface area contributed by atoms with Crippen LogP contribution in [0.4, 0.5) is 4.79 Å². The lowest BCUT2D eigenvalue weighted by atomic mass is 10.0. The normalized spacial score (nSPS) is 34.1. The maximum absolute atomic E-state index is 11.2. The highest BCUT2D eigenvalue weighted by Gasteiger charge is 2.51. The number of hydrogen-bond acceptors (Lipinski definition) is 6. The molecule has 19 heavy (non-hydrogen) atoms. The molecule has 8 nitrogen and oxygen atoms in total. The predicted molar refractivity (Wildman–Crippen MR) is 63.1 cm³/mol. The Kier molecular flexibility index (Phi) is 3.50. The van der Waals surface area contributed by atoms with Crippen LogP contribution in [-0.2, 0) is 23.8 Å². The van der Waals surface area contributed by atoms with Crippen LogP contribution in [0.2, 0.25) is 0 Å². The molecule has 0 bridgehead atoms. The minimum absolute atomic E-state index is 0.0665. The zero-order valence-electron chi connectivity index (χ0n) is 10.9. The highest BCUT2D eigenvalue weighted by Crippen LogP contribution is 2.34. The summed E-state index contributed by atoms with van der Waals surface area (Å²) in [4.78, 5) is 12.1. The molecule has 2 heterocycles. The Balaban J connectivity index is 2.21. The van der Waals surface area contributed by atoms with Crippen LogP contribution >= 0.6 is 0 Å². The smallest absolute Gasteiger partial charge is 0.407 e. The second-order valence-corrected chi connectivity index (χ2v) is 6.77. The molecule has 0 aliphatic carbocycles. The highest BCUT2D eigenvalue weighted by atomic mass is 32.2. The van der Waals surface area contributed by atoms with Crippen molar-refractivity contribution in [3.8, 4) is 0 Å². The number of rotatable bonds is 2. The third-order valence-electron chi connectivity index (χ3n) is 2.96. The van der Waals surface area contributed by atoms with Crippen LogP contribution < -0.4 is 0 Å². The van der Waals surface area contributed by atoms with Crippen LogP contribution in [0.5, 0.6) is 0 Å². The van der Waals surface area contributed by atoms with Gasteiger partial charge in [-0.1, -0.05) is 0 Å². The molecule has 0 aromatic rings. The van der Waals surface area contributed by atoms with Crippen LogP contribution in [0, 0.1) is 0 Å². The Morgan fingerprint density at radius 3 is 2.53 bits per heavy atom. The molecule has 2 saturated heterocycles. The summed E-state index contributed by atoms with van der Waals surface area (Å²) < 4.78 is 38.6. The van der Waals surface area contributed by atoms with Gasteiger partial charge in [-0.05, 0) is 13.8 Å². The summed E-state index contributed by atoms with van der Waals surface area (Å²) in [6, 6.07) is 0. The highest BCUT2D eigenvalue weighted by molar-refractivity contribution is 7.86. The van der Waals surface area contributed by atoms with Crippen molar-refractivity contribution in [2.24, 2.45) is 0 Å². The third kappa shape index (κ3) is 3.35. The van der Waals surface area contributed by atoms with Gasteiger partial charge in [0.2, 0.25) is 0 Å². The number of nitrogens with zero attached hydrogens (tertiary/aromatic N) is 1. The van der Waals surface area contributed by atoms with Crippen LogP contribution in [0.25, 0.3) is 0 Å². The van der Waals surface area contributed by atoms with Crippen molar-refractivity contribution in [1.29, 1.82) is 0 Å². The van der Waals surface area contributed by atoms with Gasteiger partial charge >= 0.3 is 6.09 Å². The van der Waals surface area contributed by atoms with Crippen molar-refractivity contribution in [2.45, 2.75) is 37.9 Å². The SMILES string of the molecule is CC1(C)O[C@H]2[C@H](CN(C(=O)O)C[C@H]2OS(C)(=O)=O)O1. The van der Waals surface area contributed by atoms with E-state index in [-0.39, 0.29) is 13.1 Å². The van der Waals surface area contributed by atoms with Crippen molar-refractivity contribution in [2.75, 3.05) is 19.3 Å². The lowest BCUT2D eigenvalue weighted by molar-refractivity contribution is -0.150. The molecule has 0 saturated carbocycles. The second kappa shape index (κ2) is 4.58. The number of amides is 1. The number of ether oxygens (including phenoxy) is 2. The van der Waals surface area contributed by atoms with Gasteiger partial charge in [-0.25, -0.2) is 4.79 Å². The number of fused-ring (bicyclic) bond motifs is 1. The van der Waals surface area contributed by atoms with E-state index in [9.17, 15) is 13.2 Å². The largest absolute Gasteiger partial charge is 0.465 e. The molecule has 2 rings (SSSR count). The van der Waals surface area contributed by atoms with Gasteiger partial charge < -0.3 is 19.5 Å². The fourth-order valence-electron chi connectivity index (χ4n) is 2.40. The van der Waals surface area contributed by atoms with E-state index >= 15 is 0 Å². The van der Waals surface area contributed by atoms with Crippen molar-refractivity contribution in [3.05, 3.63) is 0 Å². The Morgan fingerprint density at radius 2 is 2.00 bits per heavy atom. The van der Waals surface area contributed by atoms with Crippen molar-refractivity contribution in [3.63, 3.8) is 0 Å². The second-order valence-electron chi connectivity index (χ2n) is 5.16. The van der Waals surface area contributed by atoms with E-state index in [1.807, 2.05) is 0 Å². The van der Waals surface area contributed by atoms with Crippen molar-refractivity contribution < 1.29 is 32.0 Å². The Bertz CT molecular complexity index is 474. The van der Waals surface area contributed by atoms with Gasteiger partial charge in [-0.2, -0.15) is 8.42 Å². The third-order valence-corrected chi connectivity index (χ3v) is 3.55. The molecule has 9 heteroatoms. The maximum Gasteiger partial charge on any atom is 0.407 e. The fraction of sp³-hybridized carbons (Fsp3) is 0.900. The van der Waals surface area contributed by atoms with E-state index in [1.54, 1.807) is 13.8 Å². The zero-order chi connectivity index (χ0) is 14.4.